The molecule has 2 N–H and O–H groups in total. The smallest absolute Gasteiger partial charge is 0.254 e. The van der Waals surface area contributed by atoms with E-state index >= 15 is 0 Å². The van der Waals surface area contributed by atoms with Crippen LogP contribution in [0.5, 0.6) is 0 Å². The summed E-state index contributed by atoms with van der Waals surface area (Å²) in [4.78, 5) is 37.1. The van der Waals surface area contributed by atoms with Crippen LogP contribution in [0.2, 0.25) is 0 Å². The molecule has 0 aromatic carbocycles. The van der Waals surface area contributed by atoms with Crippen molar-refractivity contribution >= 4 is 17.7 Å². The van der Waals surface area contributed by atoms with Gasteiger partial charge in [0.05, 0.1) is 11.8 Å². The molecule has 1 aliphatic heterocycles. The Bertz CT molecular complexity index is 512. The molecule has 0 spiro atoms. The van der Waals surface area contributed by atoms with Gasteiger partial charge in [-0.3, -0.25) is 14.4 Å². The SMILES string of the molecule is CCC1C(=O)NCCN1C(=O)CCNC(=O)c1ccoc1. The van der Waals surface area contributed by atoms with E-state index in [1.807, 2.05) is 6.92 Å². The molecule has 1 atom stereocenters. The maximum atomic E-state index is 12.2. The fourth-order valence-corrected chi connectivity index (χ4v) is 2.34. The average Bonchev–Trinajstić information content (AvgIpc) is 3.01. The normalized spacial score (nSPS) is 18.2. The molecule has 2 rings (SSSR count). The number of carbonyl (C=O) groups is 3. The predicted molar refractivity (Wildman–Crippen MR) is 74.5 cm³/mol. The van der Waals surface area contributed by atoms with Crippen molar-refractivity contribution in [2.24, 2.45) is 0 Å². The Hall–Kier alpha value is -2.31. The van der Waals surface area contributed by atoms with Crippen LogP contribution in [0.1, 0.15) is 30.1 Å². The summed E-state index contributed by atoms with van der Waals surface area (Å²) in [5.41, 5.74) is 0.422. The minimum absolute atomic E-state index is 0.112. The van der Waals surface area contributed by atoms with Gasteiger partial charge in [-0.15, -0.1) is 0 Å². The Kier molecular flexibility index (Phi) is 4.97. The molecule has 0 saturated carbocycles. The lowest BCUT2D eigenvalue weighted by Crippen LogP contribution is -2.57. The summed E-state index contributed by atoms with van der Waals surface area (Å²) in [6.45, 7) is 3.09. The highest BCUT2D eigenvalue weighted by Gasteiger charge is 2.31. The monoisotopic (exact) mass is 293 g/mol. The maximum Gasteiger partial charge on any atom is 0.254 e. The first-order valence-electron chi connectivity index (χ1n) is 7.01. The topological polar surface area (TPSA) is 91.7 Å². The number of hydrogen-bond acceptors (Lipinski definition) is 4. The molecular formula is C14H19N3O4. The fourth-order valence-electron chi connectivity index (χ4n) is 2.34. The molecule has 1 saturated heterocycles. The molecule has 7 heteroatoms. The molecule has 0 radical (unpaired) electrons. The van der Waals surface area contributed by atoms with Crippen LogP contribution in [-0.4, -0.2) is 48.3 Å². The zero-order valence-electron chi connectivity index (χ0n) is 11.9. The molecule has 2 heterocycles. The van der Waals surface area contributed by atoms with E-state index in [9.17, 15) is 14.4 Å². The molecule has 1 aliphatic rings. The lowest BCUT2D eigenvalue weighted by molar-refractivity contribution is -0.143. The van der Waals surface area contributed by atoms with E-state index in [1.54, 1.807) is 11.0 Å². The molecule has 7 nitrogen and oxygen atoms in total. The second-order valence-electron chi connectivity index (χ2n) is 4.82. The molecule has 1 aromatic heterocycles. The van der Waals surface area contributed by atoms with Crippen LogP contribution < -0.4 is 10.6 Å². The van der Waals surface area contributed by atoms with E-state index in [4.69, 9.17) is 4.42 Å². The largest absolute Gasteiger partial charge is 0.472 e. The number of amides is 3. The van der Waals surface area contributed by atoms with Crippen molar-refractivity contribution < 1.29 is 18.8 Å². The summed E-state index contributed by atoms with van der Waals surface area (Å²) in [6, 6.07) is 1.15. The van der Waals surface area contributed by atoms with Crippen LogP contribution in [0.3, 0.4) is 0 Å². The van der Waals surface area contributed by atoms with Crippen LogP contribution in [-0.2, 0) is 9.59 Å². The Labute approximate surface area is 122 Å². The first-order chi connectivity index (χ1) is 10.1. The molecule has 3 amide bonds. The van der Waals surface area contributed by atoms with Crippen LogP contribution in [0.4, 0.5) is 0 Å². The lowest BCUT2D eigenvalue weighted by atomic mass is 10.1. The Morgan fingerprint density at radius 1 is 1.52 bits per heavy atom. The number of rotatable bonds is 5. The number of nitrogens with one attached hydrogen (secondary N) is 2. The summed E-state index contributed by atoms with van der Waals surface area (Å²) in [7, 11) is 0. The highest BCUT2D eigenvalue weighted by atomic mass is 16.3. The van der Waals surface area contributed by atoms with E-state index in [1.165, 1.54) is 12.5 Å². The molecule has 0 aliphatic carbocycles. The molecule has 21 heavy (non-hydrogen) atoms. The van der Waals surface area contributed by atoms with Crippen LogP contribution in [0.25, 0.3) is 0 Å². The summed E-state index contributed by atoms with van der Waals surface area (Å²) >= 11 is 0. The van der Waals surface area contributed by atoms with Gasteiger partial charge in [-0.2, -0.15) is 0 Å². The molecule has 0 bridgehead atoms. The van der Waals surface area contributed by atoms with E-state index in [0.717, 1.165) is 0 Å². The van der Waals surface area contributed by atoms with E-state index < -0.39 is 6.04 Å². The molecule has 1 unspecified atom stereocenters. The Morgan fingerprint density at radius 3 is 3.00 bits per heavy atom. The van der Waals surface area contributed by atoms with Gasteiger partial charge in [-0.1, -0.05) is 6.92 Å². The van der Waals surface area contributed by atoms with Crippen LogP contribution in [0, 0.1) is 0 Å². The maximum absolute atomic E-state index is 12.2. The summed E-state index contributed by atoms with van der Waals surface area (Å²) in [5, 5.41) is 5.40. The van der Waals surface area contributed by atoms with Gasteiger partial charge < -0.3 is 20.0 Å². The third kappa shape index (κ3) is 3.62. The van der Waals surface area contributed by atoms with Crippen molar-refractivity contribution in [1.82, 2.24) is 15.5 Å². The third-order valence-electron chi connectivity index (χ3n) is 3.45. The van der Waals surface area contributed by atoms with Crippen molar-refractivity contribution in [1.29, 1.82) is 0 Å². The van der Waals surface area contributed by atoms with E-state index in [2.05, 4.69) is 10.6 Å². The fraction of sp³-hybridized carbons (Fsp3) is 0.500. The highest BCUT2D eigenvalue weighted by Crippen LogP contribution is 2.10. The first kappa shape index (κ1) is 15.1. The first-order valence-corrected chi connectivity index (χ1v) is 7.01. The Balaban J connectivity index is 1.81. The predicted octanol–water partition coefficient (Wildman–Crippen LogP) is 0.137. The van der Waals surface area contributed by atoms with Gasteiger partial charge in [-0.25, -0.2) is 0 Å². The van der Waals surface area contributed by atoms with Crippen molar-refractivity contribution in [2.75, 3.05) is 19.6 Å². The van der Waals surface area contributed by atoms with Crippen LogP contribution in [0.15, 0.2) is 23.0 Å². The van der Waals surface area contributed by atoms with Crippen LogP contribution >= 0.6 is 0 Å². The average molecular weight is 293 g/mol. The minimum atomic E-state index is -0.407. The zero-order valence-corrected chi connectivity index (χ0v) is 11.9. The van der Waals surface area contributed by atoms with E-state index in [0.29, 0.717) is 25.1 Å². The number of hydrogen-bond donors (Lipinski definition) is 2. The quantitative estimate of drug-likeness (QED) is 0.807. The number of carbonyl (C=O) groups excluding carboxylic acids is 3. The van der Waals surface area contributed by atoms with Gasteiger partial charge in [0.15, 0.2) is 0 Å². The summed E-state index contributed by atoms with van der Waals surface area (Å²) < 4.78 is 4.82. The van der Waals surface area contributed by atoms with Crippen molar-refractivity contribution in [3.8, 4) is 0 Å². The van der Waals surface area contributed by atoms with Gasteiger partial charge in [-0.05, 0) is 12.5 Å². The molecular weight excluding hydrogens is 274 g/mol. The summed E-state index contributed by atoms with van der Waals surface area (Å²) in [5.74, 6) is -0.510. The molecule has 1 fully saturated rings. The molecule has 114 valence electrons. The standard InChI is InChI=1S/C14H19N3O4/c1-2-11-14(20)16-6-7-17(11)12(18)3-5-15-13(19)10-4-8-21-9-10/h4,8-9,11H,2-3,5-7H2,1H3,(H,15,19)(H,16,20). The van der Waals surface area contributed by atoms with Crippen molar-refractivity contribution in [3.05, 3.63) is 24.2 Å². The zero-order chi connectivity index (χ0) is 15.2. The number of piperazine rings is 1. The number of nitrogens with zero attached hydrogens (tertiary/aromatic N) is 1. The van der Waals surface area contributed by atoms with Gasteiger partial charge in [0.1, 0.15) is 12.3 Å². The second kappa shape index (κ2) is 6.92. The highest BCUT2D eigenvalue weighted by molar-refractivity contribution is 5.94. The second-order valence-corrected chi connectivity index (χ2v) is 4.82. The molecule has 1 aromatic rings. The minimum Gasteiger partial charge on any atom is -0.472 e. The number of furan rings is 1. The van der Waals surface area contributed by atoms with Crippen molar-refractivity contribution in [2.45, 2.75) is 25.8 Å². The van der Waals surface area contributed by atoms with Crippen molar-refractivity contribution in [3.63, 3.8) is 0 Å². The Morgan fingerprint density at radius 2 is 2.33 bits per heavy atom. The summed E-state index contributed by atoms with van der Waals surface area (Å²) in [6.07, 6.45) is 3.52. The van der Waals surface area contributed by atoms with Gasteiger partial charge >= 0.3 is 0 Å². The van der Waals surface area contributed by atoms with Gasteiger partial charge in [0.25, 0.3) is 5.91 Å². The van der Waals surface area contributed by atoms with Gasteiger partial charge in [0.2, 0.25) is 11.8 Å². The van der Waals surface area contributed by atoms with Gasteiger partial charge in [0, 0.05) is 26.1 Å². The lowest BCUT2D eigenvalue weighted by Gasteiger charge is -2.34. The van der Waals surface area contributed by atoms with E-state index in [-0.39, 0.29) is 30.7 Å². The third-order valence-corrected chi connectivity index (χ3v) is 3.45.